The Kier molecular flexibility index (Phi) is 5.32. The van der Waals surface area contributed by atoms with E-state index >= 15 is 0 Å². The molecular formula is C24H27N5O. The van der Waals surface area contributed by atoms with Crippen molar-refractivity contribution in [2.45, 2.75) is 31.8 Å². The number of H-pyrrole nitrogens is 1. The van der Waals surface area contributed by atoms with Gasteiger partial charge >= 0.3 is 0 Å². The Balaban J connectivity index is 1.34. The van der Waals surface area contributed by atoms with Gasteiger partial charge in [-0.2, -0.15) is 0 Å². The van der Waals surface area contributed by atoms with Crippen LogP contribution in [0.2, 0.25) is 0 Å². The van der Waals surface area contributed by atoms with Crippen LogP contribution in [-0.2, 0) is 13.0 Å². The van der Waals surface area contributed by atoms with Crippen molar-refractivity contribution < 1.29 is 4.79 Å². The average Bonchev–Trinajstić information content (AvgIpc) is 3.29. The van der Waals surface area contributed by atoms with Crippen LogP contribution in [0.15, 0.2) is 61.2 Å². The molecule has 1 unspecified atom stereocenters. The third-order valence-corrected chi connectivity index (χ3v) is 6.47. The summed E-state index contributed by atoms with van der Waals surface area (Å²) in [6.45, 7) is 3.80. The fourth-order valence-electron chi connectivity index (χ4n) is 4.93. The molecule has 3 aromatic rings. The first kappa shape index (κ1) is 19.0. The predicted molar refractivity (Wildman–Crippen MR) is 115 cm³/mol. The Hall–Kier alpha value is -2.99. The summed E-state index contributed by atoms with van der Waals surface area (Å²) in [5, 5.41) is 0. The zero-order valence-corrected chi connectivity index (χ0v) is 17.1. The fourth-order valence-corrected chi connectivity index (χ4v) is 4.93. The van der Waals surface area contributed by atoms with Crippen molar-refractivity contribution in [3.05, 3.63) is 83.7 Å². The van der Waals surface area contributed by atoms with Gasteiger partial charge in [-0.05, 0) is 49.5 Å². The standard InChI is InChI=1S/C24H27N5O/c30-24(20-7-4-11-25-15-20)29-14-10-21-22(27-17-26-21)23(29)19-8-12-28(13-9-19)16-18-5-2-1-3-6-18/h1-7,11,15,17,19,23H,8-10,12-14,16H2,(H,26,27). The number of carbonyl (C=O) groups is 1. The van der Waals surface area contributed by atoms with Gasteiger partial charge in [0.1, 0.15) is 0 Å². The first-order valence-electron chi connectivity index (χ1n) is 10.8. The van der Waals surface area contributed by atoms with Crippen LogP contribution in [0.5, 0.6) is 0 Å². The first-order chi connectivity index (χ1) is 14.8. The summed E-state index contributed by atoms with van der Waals surface area (Å²) in [7, 11) is 0. The quantitative estimate of drug-likeness (QED) is 0.727. The lowest BCUT2D eigenvalue weighted by atomic mass is 9.83. The number of amides is 1. The number of imidazole rings is 1. The number of fused-ring (bicyclic) bond motifs is 1. The third kappa shape index (κ3) is 3.75. The van der Waals surface area contributed by atoms with Crippen LogP contribution in [-0.4, -0.2) is 50.3 Å². The molecule has 2 aliphatic rings. The zero-order chi connectivity index (χ0) is 20.3. The smallest absolute Gasteiger partial charge is 0.256 e. The summed E-state index contributed by atoms with van der Waals surface area (Å²) >= 11 is 0. The number of nitrogens with one attached hydrogen (secondary N) is 1. The molecule has 4 heterocycles. The van der Waals surface area contributed by atoms with Gasteiger partial charge in [-0.15, -0.1) is 0 Å². The topological polar surface area (TPSA) is 65.1 Å². The molecule has 1 atom stereocenters. The summed E-state index contributed by atoms with van der Waals surface area (Å²) in [4.78, 5) is 30.0. The lowest BCUT2D eigenvalue weighted by Gasteiger charge is -2.43. The van der Waals surface area contributed by atoms with E-state index in [1.54, 1.807) is 18.7 Å². The molecule has 6 nitrogen and oxygen atoms in total. The molecule has 0 spiro atoms. The molecule has 6 heteroatoms. The van der Waals surface area contributed by atoms with Crippen LogP contribution in [0, 0.1) is 5.92 Å². The number of benzene rings is 1. The van der Waals surface area contributed by atoms with Crippen molar-refractivity contribution in [2.24, 2.45) is 5.92 Å². The SMILES string of the molecule is O=C(c1cccnc1)N1CCc2[nH]cnc2C1C1CCN(Cc2ccccc2)CC1. The minimum Gasteiger partial charge on any atom is -0.348 e. The Morgan fingerprint density at radius 1 is 1.07 bits per heavy atom. The molecule has 1 fully saturated rings. The monoisotopic (exact) mass is 401 g/mol. The van der Waals surface area contributed by atoms with Gasteiger partial charge < -0.3 is 9.88 Å². The van der Waals surface area contributed by atoms with E-state index in [0.717, 1.165) is 51.1 Å². The summed E-state index contributed by atoms with van der Waals surface area (Å²) < 4.78 is 0. The number of hydrogen-bond acceptors (Lipinski definition) is 4. The molecule has 0 saturated carbocycles. The van der Waals surface area contributed by atoms with E-state index in [0.29, 0.717) is 11.5 Å². The molecule has 2 aliphatic heterocycles. The highest BCUT2D eigenvalue weighted by atomic mass is 16.2. The van der Waals surface area contributed by atoms with Crippen molar-refractivity contribution in [1.29, 1.82) is 0 Å². The van der Waals surface area contributed by atoms with Gasteiger partial charge in [0.25, 0.3) is 5.91 Å². The molecule has 2 aromatic heterocycles. The molecule has 1 saturated heterocycles. The van der Waals surface area contributed by atoms with Gasteiger partial charge in [0.05, 0.1) is 23.6 Å². The first-order valence-corrected chi connectivity index (χ1v) is 10.8. The van der Waals surface area contributed by atoms with Crippen molar-refractivity contribution in [3.8, 4) is 0 Å². The molecule has 0 radical (unpaired) electrons. The number of piperidine rings is 1. The van der Waals surface area contributed by atoms with E-state index in [1.807, 2.05) is 17.0 Å². The lowest BCUT2D eigenvalue weighted by molar-refractivity contribution is 0.0465. The maximum absolute atomic E-state index is 13.3. The highest BCUT2D eigenvalue weighted by molar-refractivity contribution is 5.94. The summed E-state index contributed by atoms with van der Waals surface area (Å²) in [6, 6.07) is 14.4. The van der Waals surface area contributed by atoms with Gasteiger partial charge in [-0.25, -0.2) is 4.98 Å². The van der Waals surface area contributed by atoms with E-state index < -0.39 is 0 Å². The molecule has 30 heavy (non-hydrogen) atoms. The Labute approximate surface area is 177 Å². The number of pyridine rings is 1. The summed E-state index contributed by atoms with van der Waals surface area (Å²) in [6.07, 6.45) is 8.12. The van der Waals surface area contributed by atoms with Crippen molar-refractivity contribution in [1.82, 2.24) is 24.8 Å². The minimum absolute atomic E-state index is 0.0339. The van der Waals surface area contributed by atoms with Crippen LogP contribution in [0.1, 0.15) is 46.2 Å². The number of carbonyl (C=O) groups excluding carboxylic acids is 1. The Morgan fingerprint density at radius 2 is 1.90 bits per heavy atom. The van der Waals surface area contributed by atoms with E-state index in [2.05, 4.69) is 50.2 Å². The van der Waals surface area contributed by atoms with Crippen LogP contribution in [0.4, 0.5) is 0 Å². The Morgan fingerprint density at radius 3 is 2.67 bits per heavy atom. The maximum Gasteiger partial charge on any atom is 0.256 e. The van der Waals surface area contributed by atoms with E-state index in [1.165, 1.54) is 11.3 Å². The van der Waals surface area contributed by atoms with Crippen molar-refractivity contribution in [2.75, 3.05) is 19.6 Å². The summed E-state index contributed by atoms with van der Waals surface area (Å²) in [5.74, 6) is 0.480. The van der Waals surface area contributed by atoms with Gasteiger partial charge in [0.2, 0.25) is 0 Å². The van der Waals surface area contributed by atoms with Gasteiger partial charge in [-0.1, -0.05) is 30.3 Å². The maximum atomic E-state index is 13.3. The molecule has 154 valence electrons. The normalized spacial score (nSPS) is 20.1. The van der Waals surface area contributed by atoms with Crippen molar-refractivity contribution in [3.63, 3.8) is 0 Å². The third-order valence-electron chi connectivity index (χ3n) is 6.47. The highest BCUT2D eigenvalue weighted by Gasteiger charge is 2.39. The number of aromatic amines is 1. The highest BCUT2D eigenvalue weighted by Crippen LogP contribution is 2.39. The lowest BCUT2D eigenvalue weighted by Crippen LogP contribution is -2.46. The van der Waals surface area contributed by atoms with Crippen LogP contribution >= 0.6 is 0 Å². The van der Waals surface area contributed by atoms with Crippen LogP contribution in [0.25, 0.3) is 0 Å². The number of nitrogens with zero attached hydrogens (tertiary/aromatic N) is 4. The van der Waals surface area contributed by atoms with Gasteiger partial charge in [-0.3, -0.25) is 14.7 Å². The van der Waals surface area contributed by atoms with Gasteiger partial charge in [0.15, 0.2) is 0 Å². The average molecular weight is 402 g/mol. The van der Waals surface area contributed by atoms with E-state index in [4.69, 9.17) is 0 Å². The minimum atomic E-state index is 0.0339. The predicted octanol–water partition coefficient (Wildman–Crippen LogP) is 3.46. The number of likely N-dealkylation sites (tertiary alicyclic amines) is 1. The summed E-state index contributed by atoms with van der Waals surface area (Å²) in [5.41, 5.74) is 4.25. The molecule has 1 amide bonds. The molecule has 1 N–H and O–H groups in total. The fraction of sp³-hybridized carbons (Fsp3) is 0.375. The number of hydrogen-bond donors (Lipinski definition) is 1. The largest absolute Gasteiger partial charge is 0.348 e. The van der Waals surface area contributed by atoms with E-state index in [9.17, 15) is 4.79 Å². The second kappa shape index (κ2) is 8.40. The molecule has 0 bridgehead atoms. The molecule has 5 rings (SSSR count). The molecular weight excluding hydrogens is 374 g/mol. The van der Waals surface area contributed by atoms with E-state index in [-0.39, 0.29) is 11.9 Å². The zero-order valence-electron chi connectivity index (χ0n) is 17.1. The van der Waals surface area contributed by atoms with Crippen LogP contribution < -0.4 is 0 Å². The second-order valence-corrected chi connectivity index (χ2v) is 8.30. The number of rotatable bonds is 4. The second-order valence-electron chi connectivity index (χ2n) is 8.30. The molecule has 1 aromatic carbocycles. The van der Waals surface area contributed by atoms with Crippen molar-refractivity contribution >= 4 is 5.91 Å². The van der Waals surface area contributed by atoms with Crippen LogP contribution in [0.3, 0.4) is 0 Å². The van der Waals surface area contributed by atoms with Gasteiger partial charge in [0, 0.05) is 37.6 Å². The molecule has 0 aliphatic carbocycles. The number of aromatic nitrogens is 3. The Bertz CT molecular complexity index is 979.